The third-order valence-electron chi connectivity index (χ3n) is 6.73. The first-order chi connectivity index (χ1) is 13.5. The van der Waals surface area contributed by atoms with Crippen molar-refractivity contribution in [1.29, 1.82) is 0 Å². The number of aromatic nitrogens is 3. The fraction of sp³-hybridized carbons (Fsp3) is 0.476. The van der Waals surface area contributed by atoms with Gasteiger partial charge in [-0.15, -0.1) is 11.3 Å². The highest BCUT2D eigenvalue weighted by Crippen LogP contribution is 2.61. The van der Waals surface area contributed by atoms with Gasteiger partial charge in [-0.2, -0.15) is 15.0 Å². The fourth-order valence-electron chi connectivity index (χ4n) is 4.96. The van der Waals surface area contributed by atoms with Gasteiger partial charge in [-0.05, 0) is 83.0 Å². The third-order valence-corrected chi connectivity index (χ3v) is 7.78. The Morgan fingerprint density at radius 1 is 1.21 bits per heavy atom. The zero-order valence-corrected chi connectivity index (χ0v) is 17.6. The molecule has 2 aromatic heterocycles. The van der Waals surface area contributed by atoms with Gasteiger partial charge in [-0.25, -0.2) is 0 Å². The number of nitrogens with one attached hydrogen (secondary N) is 1. The average molecular weight is 415 g/mol. The van der Waals surface area contributed by atoms with Crippen LogP contribution in [-0.4, -0.2) is 21.6 Å². The van der Waals surface area contributed by atoms with Gasteiger partial charge in [0.15, 0.2) is 0 Å². The van der Waals surface area contributed by atoms with Gasteiger partial charge in [-0.1, -0.05) is 19.9 Å². The lowest BCUT2D eigenvalue weighted by atomic mass is 9.46. The van der Waals surface area contributed by atoms with Crippen LogP contribution < -0.4 is 10.1 Å². The Morgan fingerprint density at radius 2 is 2.11 bits per heavy atom. The van der Waals surface area contributed by atoms with Crippen molar-refractivity contribution in [2.75, 3.05) is 11.9 Å². The molecule has 3 saturated carbocycles. The van der Waals surface area contributed by atoms with Crippen molar-refractivity contribution in [3.05, 3.63) is 34.9 Å². The Labute approximate surface area is 173 Å². The summed E-state index contributed by atoms with van der Waals surface area (Å²) in [7, 11) is 0. The van der Waals surface area contributed by atoms with Gasteiger partial charge in [0.05, 0.1) is 6.61 Å². The van der Waals surface area contributed by atoms with Crippen LogP contribution in [0.15, 0.2) is 29.6 Å². The third kappa shape index (κ3) is 3.22. The van der Waals surface area contributed by atoms with Crippen LogP contribution in [0.25, 0.3) is 10.1 Å². The zero-order valence-electron chi connectivity index (χ0n) is 16.0. The number of rotatable bonds is 5. The number of benzene rings is 1. The number of hydrogen-bond donors (Lipinski definition) is 1. The highest BCUT2D eigenvalue weighted by atomic mass is 35.5. The Balaban J connectivity index is 1.29. The molecule has 3 fully saturated rings. The standard InChI is InChI=1S/C21H23ClN4OS/c1-21(2)14-5-3-13(16(21)9-14)11-27-20-25-18(22)24-19(26-20)23-15-6-4-12-7-8-28-17(12)10-15/h4,6-8,10,13-14,16H,3,5,9,11H2,1-2H3,(H,23,24,25,26)/t13?,14-,16-/m1/s1. The molecular weight excluding hydrogens is 392 g/mol. The molecule has 3 atom stereocenters. The molecule has 0 amide bonds. The lowest BCUT2D eigenvalue weighted by Gasteiger charge is -2.60. The van der Waals surface area contributed by atoms with Crippen molar-refractivity contribution in [2.24, 2.45) is 23.2 Å². The van der Waals surface area contributed by atoms with Crippen molar-refractivity contribution < 1.29 is 4.74 Å². The van der Waals surface area contributed by atoms with Crippen LogP contribution in [0.2, 0.25) is 5.28 Å². The predicted molar refractivity (Wildman–Crippen MR) is 114 cm³/mol. The Morgan fingerprint density at radius 3 is 2.93 bits per heavy atom. The van der Waals surface area contributed by atoms with Crippen molar-refractivity contribution in [2.45, 2.75) is 33.1 Å². The molecule has 5 nitrogen and oxygen atoms in total. The molecule has 0 radical (unpaired) electrons. The fourth-order valence-corrected chi connectivity index (χ4v) is 5.94. The molecule has 1 aromatic carbocycles. The van der Waals surface area contributed by atoms with Gasteiger partial charge < -0.3 is 10.1 Å². The summed E-state index contributed by atoms with van der Waals surface area (Å²) in [6, 6.07) is 8.55. The van der Waals surface area contributed by atoms with Crippen molar-refractivity contribution >= 4 is 44.7 Å². The maximum atomic E-state index is 6.12. The van der Waals surface area contributed by atoms with Crippen LogP contribution in [0.4, 0.5) is 11.6 Å². The van der Waals surface area contributed by atoms with Crippen LogP contribution in [0.3, 0.4) is 0 Å². The van der Waals surface area contributed by atoms with E-state index in [-0.39, 0.29) is 5.28 Å². The first-order valence-electron chi connectivity index (χ1n) is 9.78. The lowest BCUT2D eigenvalue weighted by molar-refractivity contribution is -0.114. The van der Waals surface area contributed by atoms with E-state index < -0.39 is 0 Å². The van der Waals surface area contributed by atoms with Gasteiger partial charge in [0.1, 0.15) is 0 Å². The molecule has 0 spiro atoms. The van der Waals surface area contributed by atoms with E-state index in [1.54, 1.807) is 11.3 Å². The molecule has 6 rings (SSSR count). The molecule has 1 unspecified atom stereocenters. The zero-order chi connectivity index (χ0) is 19.3. The van der Waals surface area contributed by atoms with Gasteiger partial charge >= 0.3 is 6.01 Å². The lowest BCUT2D eigenvalue weighted by Crippen LogP contribution is -2.53. The molecule has 28 heavy (non-hydrogen) atoms. The summed E-state index contributed by atoms with van der Waals surface area (Å²) in [5.74, 6) is 2.59. The summed E-state index contributed by atoms with van der Waals surface area (Å²) in [5, 5.41) is 6.66. The molecule has 0 saturated heterocycles. The average Bonchev–Trinajstić information content (AvgIpc) is 3.14. The number of anilines is 2. The van der Waals surface area contributed by atoms with Crippen molar-refractivity contribution in [3.63, 3.8) is 0 Å². The second-order valence-corrected chi connectivity index (χ2v) is 9.80. The number of hydrogen-bond acceptors (Lipinski definition) is 6. The van der Waals surface area contributed by atoms with Crippen LogP contribution in [0, 0.1) is 23.2 Å². The molecule has 0 aliphatic heterocycles. The summed E-state index contributed by atoms with van der Waals surface area (Å²) in [6.07, 6.45) is 3.86. The number of nitrogens with zero attached hydrogens (tertiary/aromatic N) is 3. The van der Waals surface area contributed by atoms with E-state index in [0.29, 0.717) is 29.9 Å². The second kappa shape index (κ2) is 6.85. The summed E-state index contributed by atoms with van der Waals surface area (Å²) in [5.41, 5.74) is 1.36. The minimum Gasteiger partial charge on any atom is -0.463 e. The molecule has 1 N–H and O–H groups in total. The van der Waals surface area contributed by atoms with E-state index in [1.165, 1.54) is 29.3 Å². The highest BCUT2D eigenvalue weighted by molar-refractivity contribution is 7.17. The van der Waals surface area contributed by atoms with Crippen molar-refractivity contribution in [3.8, 4) is 6.01 Å². The van der Waals surface area contributed by atoms with Crippen molar-refractivity contribution in [1.82, 2.24) is 15.0 Å². The van der Waals surface area contributed by atoms with E-state index in [9.17, 15) is 0 Å². The van der Waals surface area contributed by atoms with Crippen LogP contribution >= 0.6 is 22.9 Å². The van der Waals surface area contributed by atoms with E-state index in [4.69, 9.17) is 16.3 Å². The van der Waals surface area contributed by atoms with Crippen LogP contribution in [-0.2, 0) is 0 Å². The van der Waals surface area contributed by atoms with E-state index >= 15 is 0 Å². The van der Waals surface area contributed by atoms with Crippen LogP contribution in [0.1, 0.15) is 33.1 Å². The minimum absolute atomic E-state index is 0.136. The first-order valence-corrected chi connectivity index (χ1v) is 11.0. The maximum Gasteiger partial charge on any atom is 0.322 e. The van der Waals surface area contributed by atoms with E-state index in [1.807, 2.05) is 6.07 Å². The van der Waals surface area contributed by atoms with Gasteiger partial charge in [0, 0.05) is 10.4 Å². The molecule has 146 valence electrons. The highest BCUT2D eigenvalue weighted by Gasteiger charge is 2.54. The SMILES string of the molecule is CC1(C)[C@@H]2CCC(COc3nc(Cl)nc(Nc4ccc5ccsc5c4)n3)[C@H]1C2. The second-order valence-electron chi connectivity index (χ2n) is 8.52. The quantitative estimate of drug-likeness (QED) is 0.560. The Kier molecular flexibility index (Phi) is 4.43. The summed E-state index contributed by atoms with van der Waals surface area (Å²) in [6.45, 7) is 5.43. The smallest absolute Gasteiger partial charge is 0.322 e. The summed E-state index contributed by atoms with van der Waals surface area (Å²) >= 11 is 7.82. The van der Waals surface area contributed by atoms with Gasteiger partial charge in [0.2, 0.25) is 11.2 Å². The molecule has 7 heteroatoms. The van der Waals surface area contributed by atoms with Gasteiger partial charge in [-0.3, -0.25) is 0 Å². The monoisotopic (exact) mass is 414 g/mol. The normalized spacial score (nSPS) is 25.3. The number of halogens is 1. The molecule has 3 aliphatic rings. The molecule has 2 bridgehead atoms. The minimum atomic E-state index is 0.136. The topological polar surface area (TPSA) is 59.9 Å². The Bertz CT molecular complexity index is 1020. The van der Waals surface area contributed by atoms with E-state index in [0.717, 1.165) is 17.5 Å². The molecule has 3 aliphatic carbocycles. The molecule has 3 aromatic rings. The van der Waals surface area contributed by atoms with Crippen LogP contribution in [0.5, 0.6) is 6.01 Å². The molecule has 2 heterocycles. The summed E-state index contributed by atoms with van der Waals surface area (Å²) in [4.78, 5) is 12.8. The number of fused-ring (bicyclic) bond motifs is 3. The molecular formula is C21H23ClN4OS. The largest absolute Gasteiger partial charge is 0.463 e. The van der Waals surface area contributed by atoms with Gasteiger partial charge in [0.25, 0.3) is 0 Å². The summed E-state index contributed by atoms with van der Waals surface area (Å²) < 4.78 is 7.17. The number of ether oxygens (including phenoxy) is 1. The van der Waals surface area contributed by atoms with E-state index in [2.05, 4.69) is 57.7 Å². The predicted octanol–water partition coefficient (Wildman–Crippen LogP) is 5.93. The Hall–Kier alpha value is -1.92. The first kappa shape index (κ1) is 18.1. The number of thiophene rings is 1. The maximum absolute atomic E-state index is 6.12.